The molecule has 3 nitrogen and oxygen atoms in total. The van der Waals surface area contributed by atoms with Gasteiger partial charge in [-0.05, 0) is 41.8 Å². The van der Waals surface area contributed by atoms with Crippen molar-refractivity contribution >= 4 is 11.9 Å². The quantitative estimate of drug-likeness (QED) is 0.0769. The average Bonchev–Trinajstić information content (AvgIpc) is 3.67. The van der Waals surface area contributed by atoms with Gasteiger partial charge in [-0.3, -0.25) is 4.79 Å². The Bertz CT molecular complexity index is 1170. The Balaban J connectivity index is 0.000000277. The number of allylic oxidation sites excluding steroid dienone is 6. The van der Waals surface area contributed by atoms with E-state index in [1.165, 1.54) is 31.2 Å². The van der Waals surface area contributed by atoms with Gasteiger partial charge in [0.05, 0.1) is 7.11 Å². The fourth-order valence-electron chi connectivity index (χ4n) is 4.02. The molecule has 198 valence electrons. The van der Waals surface area contributed by atoms with Crippen LogP contribution in [-0.4, -0.2) is 12.9 Å². The second kappa shape index (κ2) is 17.9. The molecule has 0 N–H and O–H groups in total. The van der Waals surface area contributed by atoms with E-state index < -0.39 is 0 Å². The van der Waals surface area contributed by atoms with E-state index in [4.69, 9.17) is 4.74 Å². The van der Waals surface area contributed by atoms with Crippen LogP contribution in [0.5, 0.6) is 5.75 Å². The average molecular weight is 549 g/mol. The third-order valence-corrected chi connectivity index (χ3v) is 6.19. The van der Waals surface area contributed by atoms with Crippen molar-refractivity contribution in [3.05, 3.63) is 137 Å². The van der Waals surface area contributed by atoms with Crippen LogP contribution < -0.4 is 9.84 Å². The normalized spacial score (nSPS) is 11.7. The van der Waals surface area contributed by atoms with E-state index in [0.717, 1.165) is 35.3 Å². The van der Waals surface area contributed by atoms with Gasteiger partial charge in [-0.2, -0.15) is 17.7 Å². The summed E-state index contributed by atoms with van der Waals surface area (Å²) in [5, 5.41) is 11.6. The van der Waals surface area contributed by atoms with Crippen molar-refractivity contribution in [1.29, 1.82) is 0 Å². The number of ether oxygens (including phenoxy) is 1. The van der Waals surface area contributed by atoms with Gasteiger partial charge in [0, 0.05) is 12.0 Å². The molecule has 0 fully saturated rings. The number of hydrogen-bond donors (Lipinski definition) is 0. The molecule has 0 atom stereocenters. The summed E-state index contributed by atoms with van der Waals surface area (Å²) < 4.78 is 5.10. The smallest absolute Gasteiger partial charge is 0.872 e. The van der Waals surface area contributed by atoms with Crippen LogP contribution in [0.4, 0.5) is 0 Å². The Morgan fingerprint density at radius 3 is 2.21 bits per heavy atom. The maximum Gasteiger partial charge on any atom is 2.00 e. The summed E-state index contributed by atoms with van der Waals surface area (Å²) in [5.74, 6) is 1.07. The molecule has 38 heavy (non-hydrogen) atoms. The standard InChI is InChI=1S/C20H25O2.C14H12O.Fe/c1-22-19-15-13-18(14-16-19)20(21)12-6-4-2-3-5-9-17-10-7-8-11-17;15-14(13-8-4-5-9-13)11-10-12-6-2-1-3-7-12;/h7-8,10-11,13-16H,2-6,9,12H2,1H3;1-11,15H;/q-1;;+2/p-1. The van der Waals surface area contributed by atoms with Gasteiger partial charge in [0.25, 0.3) is 0 Å². The van der Waals surface area contributed by atoms with E-state index in [1.54, 1.807) is 13.2 Å². The molecule has 0 heterocycles. The number of aryl methyl sites for hydroxylation is 1. The van der Waals surface area contributed by atoms with Crippen molar-refractivity contribution < 1.29 is 31.7 Å². The number of benzene rings is 2. The van der Waals surface area contributed by atoms with Crippen LogP contribution in [-0.2, 0) is 23.5 Å². The van der Waals surface area contributed by atoms with Crippen LogP contribution in [0.1, 0.15) is 60.0 Å². The second-order valence-corrected chi connectivity index (χ2v) is 8.99. The number of Topliss-reactive ketones (excluding diaryl/α,β-unsaturated/α-hetero) is 1. The first-order valence-corrected chi connectivity index (χ1v) is 13.0. The van der Waals surface area contributed by atoms with Gasteiger partial charge in [0.15, 0.2) is 5.78 Å². The molecule has 0 aliphatic heterocycles. The largest absolute Gasteiger partial charge is 2.00 e. The fourth-order valence-corrected chi connectivity index (χ4v) is 4.02. The minimum Gasteiger partial charge on any atom is -0.872 e. The number of methoxy groups -OCH3 is 1. The number of carbonyl (C=O) groups excluding carboxylic acids is 1. The topological polar surface area (TPSA) is 49.4 Å². The number of ketones is 1. The predicted molar refractivity (Wildman–Crippen MR) is 152 cm³/mol. The van der Waals surface area contributed by atoms with Crippen molar-refractivity contribution in [2.24, 2.45) is 0 Å². The molecule has 0 unspecified atom stereocenters. The molecule has 1 aliphatic rings. The van der Waals surface area contributed by atoms with E-state index in [0.29, 0.717) is 6.42 Å². The van der Waals surface area contributed by atoms with E-state index in [2.05, 4.69) is 24.3 Å². The van der Waals surface area contributed by atoms with Gasteiger partial charge < -0.3 is 9.84 Å². The third-order valence-electron chi connectivity index (χ3n) is 6.19. The molecule has 1 aliphatic carbocycles. The molecule has 0 aromatic heterocycles. The number of hydrogen-bond acceptors (Lipinski definition) is 3. The summed E-state index contributed by atoms with van der Waals surface area (Å²) in [6.45, 7) is 0. The summed E-state index contributed by atoms with van der Waals surface area (Å²) >= 11 is 0. The fraction of sp³-hybridized carbons (Fsp3) is 0.235. The molecule has 4 heteroatoms. The maximum absolute atomic E-state index is 12.0. The molecule has 3 aromatic carbocycles. The molecule has 0 saturated carbocycles. The van der Waals surface area contributed by atoms with E-state index in [1.807, 2.05) is 85.0 Å². The van der Waals surface area contributed by atoms with Crippen LogP contribution in [0.25, 0.3) is 6.08 Å². The van der Waals surface area contributed by atoms with Crippen LogP contribution in [0.3, 0.4) is 0 Å². The molecule has 4 rings (SSSR count). The molecule has 0 bridgehead atoms. The molecular weight excluding hydrogens is 512 g/mol. The Labute approximate surface area is 238 Å². The van der Waals surface area contributed by atoms with E-state index >= 15 is 0 Å². The SMILES string of the molecule is COc1ccc(C(=O)CCCCCCCc2ccc[cH-]2)cc1.[Fe+2].[O-]C(C=Cc1ccccc1)=C1C=CC=C1. The van der Waals surface area contributed by atoms with Crippen molar-refractivity contribution in [2.45, 2.75) is 44.9 Å². The van der Waals surface area contributed by atoms with Gasteiger partial charge in [0.2, 0.25) is 0 Å². The van der Waals surface area contributed by atoms with E-state index in [9.17, 15) is 9.90 Å². The second-order valence-electron chi connectivity index (χ2n) is 8.99. The van der Waals surface area contributed by atoms with E-state index in [-0.39, 0.29) is 28.6 Å². The molecular formula is C34H36FeO3. The van der Waals surface area contributed by atoms with Gasteiger partial charge >= 0.3 is 17.1 Å². The van der Waals surface area contributed by atoms with Crippen molar-refractivity contribution in [2.75, 3.05) is 7.11 Å². The zero-order chi connectivity index (χ0) is 26.1. The van der Waals surface area contributed by atoms with Crippen molar-refractivity contribution in [3.8, 4) is 5.75 Å². The van der Waals surface area contributed by atoms with Gasteiger partial charge in [-0.25, -0.2) is 12.1 Å². The maximum atomic E-state index is 12.0. The van der Waals surface area contributed by atoms with Gasteiger partial charge in [0.1, 0.15) is 5.75 Å². The summed E-state index contributed by atoms with van der Waals surface area (Å²) in [7, 11) is 1.63. The molecule has 0 radical (unpaired) electrons. The minimum absolute atomic E-state index is 0. The number of rotatable bonds is 12. The Morgan fingerprint density at radius 2 is 1.55 bits per heavy atom. The third kappa shape index (κ3) is 11.3. The first kappa shape index (κ1) is 30.8. The molecule has 3 aromatic rings. The van der Waals surface area contributed by atoms with Crippen LogP contribution in [0, 0.1) is 0 Å². The molecule has 0 amide bonds. The Morgan fingerprint density at radius 1 is 0.868 bits per heavy atom. The first-order valence-electron chi connectivity index (χ1n) is 13.0. The molecule has 0 spiro atoms. The zero-order valence-electron chi connectivity index (χ0n) is 22.0. The van der Waals surface area contributed by atoms with Crippen LogP contribution in [0.2, 0.25) is 0 Å². The summed E-state index contributed by atoms with van der Waals surface area (Å²) in [4.78, 5) is 12.0. The van der Waals surface area contributed by atoms with Crippen LogP contribution in [0.15, 0.2) is 121 Å². The van der Waals surface area contributed by atoms with Crippen molar-refractivity contribution in [3.63, 3.8) is 0 Å². The number of unbranched alkanes of at least 4 members (excludes halogenated alkanes) is 4. The Kier molecular flexibility index (Phi) is 14.5. The van der Waals surface area contributed by atoms with Gasteiger partial charge in [-0.1, -0.05) is 98.9 Å². The summed E-state index contributed by atoms with van der Waals surface area (Å²) in [6.07, 6.45) is 18.5. The first-order chi connectivity index (χ1) is 18.2. The zero-order valence-corrected chi connectivity index (χ0v) is 23.1. The van der Waals surface area contributed by atoms with Crippen LogP contribution >= 0.6 is 0 Å². The Hall–Kier alpha value is -3.46. The summed E-state index contributed by atoms with van der Waals surface area (Å²) in [5.41, 5.74) is 4.01. The minimum atomic E-state index is 0. The predicted octanol–water partition coefficient (Wildman–Crippen LogP) is 7.62. The summed E-state index contributed by atoms with van der Waals surface area (Å²) in [6, 6.07) is 25.7. The van der Waals surface area contributed by atoms with Crippen molar-refractivity contribution in [1.82, 2.24) is 0 Å². The molecule has 0 saturated heterocycles. The number of carbonyl (C=O) groups is 1. The monoisotopic (exact) mass is 548 g/mol. The van der Waals surface area contributed by atoms with Gasteiger partial charge in [-0.15, -0.1) is 5.76 Å².